The second-order valence-electron chi connectivity index (χ2n) is 10.3. The van der Waals surface area contributed by atoms with Gasteiger partial charge in [0.2, 0.25) is 5.91 Å². The zero-order valence-corrected chi connectivity index (χ0v) is 26.7. The highest BCUT2D eigenvalue weighted by molar-refractivity contribution is 5.97. The quantitative estimate of drug-likeness (QED) is 0.147. The summed E-state index contributed by atoms with van der Waals surface area (Å²) in [5, 5.41) is 29.2. The van der Waals surface area contributed by atoms with Crippen LogP contribution in [0.4, 0.5) is 32.0 Å². The highest BCUT2D eigenvalue weighted by atomic mass is 19.4. The molecule has 2 atom stereocenters. The number of fused-ring (bicyclic) bond motifs is 1. The van der Waals surface area contributed by atoms with Crippen molar-refractivity contribution in [3.63, 3.8) is 0 Å². The van der Waals surface area contributed by atoms with Gasteiger partial charge in [0.1, 0.15) is 0 Å². The molecule has 0 bridgehead atoms. The molecule has 1 unspecified atom stereocenters. The Balaban J connectivity index is 0.000000388. The van der Waals surface area contributed by atoms with Crippen LogP contribution in [0.3, 0.4) is 0 Å². The van der Waals surface area contributed by atoms with Crippen molar-refractivity contribution in [3.8, 4) is 0 Å². The van der Waals surface area contributed by atoms with Gasteiger partial charge in [-0.2, -0.15) is 26.3 Å². The number of nitrogens with two attached hydrogens (primary N) is 3. The Bertz CT molecular complexity index is 1700. The number of carboxylic acid groups (broad SMARTS) is 3. The van der Waals surface area contributed by atoms with Gasteiger partial charge in [-0.1, -0.05) is 48.5 Å². The van der Waals surface area contributed by atoms with Crippen LogP contribution in [-0.4, -0.2) is 75.8 Å². The largest absolute Gasteiger partial charge is 0.490 e. The maximum absolute atomic E-state index is 12.2. The molecule has 282 valence electrons. The normalized spacial score (nSPS) is 13.4. The number of carboxylic acids is 3. The van der Waals surface area contributed by atoms with Gasteiger partial charge < -0.3 is 43.2 Å². The molecule has 0 aliphatic carbocycles. The first-order valence-electron chi connectivity index (χ1n) is 14.5. The highest BCUT2D eigenvalue weighted by Gasteiger charge is 2.39. The summed E-state index contributed by atoms with van der Waals surface area (Å²) >= 11 is 0. The molecule has 4 rings (SSSR count). The van der Waals surface area contributed by atoms with Crippen molar-refractivity contribution >= 4 is 41.2 Å². The third-order valence-electron chi connectivity index (χ3n) is 6.49. The molecule has 0 spiro atoms. The summed E-state index contributed by atoms with van der Waals surface area (Å²) in [6.07, 6.45) is -9.15. The molecule has 0 radical (unpaired) electrons. The zero-order chi connectivity index (χ0) is 39.8. The average molecular weight is 746 g/mol. The Kier molecular flexibility index (Phi) is 16.9. The van der Waals surface area contributed by atoms with E-state index in [1.807, 2.05) is 12.1 Å². The number of alkyl halides is 6. The van der Waals surface area contributed by atoms with E-state index in [0.717, 1.165) is 16.8 Å². The summed E-state index contributed by atoms with van der Waals surface area (Å²) < 4.78 is 63.5. The number of halogens is 6. The van der Waals surface area contributed by atoms with Crippen LogP contribution < -0.4 is 27.8 Å². The number of rotatable bonds is 9. The fraction of sp³-hybridized carbons (Fsp3) is 0.250. The number of amides is 2. The summed E-state index contributed by atoms with van der Waals surface area (Å²) in [4.78, 5) is 64.1. The number of benzene rings is 3. The molecule has 0 aromatic heterocycles. The molecule has 0 saturated carbocycles. The van der Waals surface area contributed by atoms with Gasteiger partial charge in [0.15, 0.2) is 11.8 Å². The molecule has 3 aromatic rings. The van der Waals surface area contributed by atoms with Gasteiger partial charge >= 0.3 is 30.3 Å². The van der Waals surface area contributed by atoms with Crippen molar-refractivity contribution < 1.29 is 70.4 Å². The van der Waals surface area contributed by atoms with Gasteiger partial charge in [0.05, 0.1) is 6.04 Å². The number of primary amides is 1. The molecule has 14 nitrogen and oxygen atoms in total. The number of carbonyl (C=O) groups excluding carboxylic acids is 3. The summed E-state index contributed by atoms with van der Waals surface area (Å²) in [6.45, 7) is 0.683. The Labute approximate surface area is 290 Å². The van der Waals surface area contributed by atoms with Crippen LogP contribution >= 0.6 is 0 Å². The van der Waals surface area contributed by atoms with E-state index in [1.165, 1.54) is 0 Å². The van der Waals surface area contributed by atoms with E-state index in [9.17, 15) is 50.6 Å². The second-order valence-corrected chi connectivity index (χ2v) is 10.3. The van der Waals surface area contributed by atoms with Crippen LogP contribution in [0.15, 0.2) is 72.8 Å². The van der Waals surface area contributed by atoms with Crippen molar-refractivity contribution in [3.05, 3.63) is 101 Å². The molecule has 0 fully saturated rings. The number of hydrogen-bond donors (Lipinski definition) is 8. The minimum absolute atomic E-state index is 0.101. The molecule has 1 aliphatic heterocycles. The Hall–Kier alpha value is -6.02. The van der Waals surface area contributed by atoms with Crippen molar-refractivity contribution in [2.45, 2.75) is 43.8 Å². The lowest BCUT2D eigenvalue weighted by Crippen LogP contribution is -2.33. The van der Waals surface area contributed by atoms with Gasteiger partial charge in [-0.3, -0.25) is 14.4 Å². The standard InChI is InChI=1S/C16H16N2O3.C12H15N3O2.2C2HF3O2/c17-10-11-5-4-8-13(9-11)15(19)18-14(16(20)21)12-6-2-1-3-7-12;13-4-3-11(16)10-5-7-1-2-8(12(14)17)6-9(7)15-10;2*3-2(4,5)1(6)7/h1-9,14H,10,17H2,(H,18,19)(H,20,21);1-2,6,10,15H,3-5,13H2,(H2,14,17);2*(H,6,7)/t14-;;;/m1.../s1. The molecule has 11 N–H and O–H groups in total. The Morgan fingerprint density at radius 3 is 1.81 bits per heavy atom. The first kappa shape index (κ1) is 44.0. The lowest BCUT2D eigenvalue weighted by molar-refractivity contribution is -0.193. The van der Waals surface area contributed by atoms with Crippen molar-refractivity contribution in [1.29, 1.82) is 0 Å². The second kappa shape index (κ2) is 20.0. The maximum atomic E-state index is 12.2. The Morgan fingerprint density at radius 1 is 0.788 bits per heavy atom. The van der Waals surface area contributed by atoms with Gasteiger partial charge in [-0.25, -0.2) is 14.4 Å². The number of anilines is 1. The molecule has 0 saturated heterocycles. The number of Topliss-reactive ketones (excluding diaryl/α,β-unsaturated/α-hetero) is 1. The van der Waals surface area contributed by atoms with E-state index in [2.05, 4.69) is 10.6 Å². The first-order chi connectivity index (χ1) is 24.1. The minimum Gasteiger partial charge on any atom is -0.479 e. The molecule has 3 aromatic carbocycles. The monoisotopic (exact) mass is 745 g/mol. The third-order valence-corrected chi connectivity index (χ3v) is 6.49. The predicted molar refractivity (Wildman–Crippen MR) is 171 cm³/mol. The molecular weight excluding hydrogens is 712 g/mol. The molecule has 1 aliphatic rings. The van der Waals surface area contributed by atoms with Gasteiger partial charge in [0.25, 0.3) is 5.91 Å². The summed E-state index contributed by atoms with van der Waals surface area (Å²) in [5.41, 5.74) is 20.1. The molecular formula is C32H33F6N5O9. The van der Waals surface area contributed by atoms with Crippen LogP contribution in [0.1, 0.15) is 49.9 Å². The van der Waals surface area contributed by atoms with Crippen LogP contribution in [0.5, 0.6) is 0 Å². The van der Waals surface area contributed by atoms with Crippen molar-refractivity contribution in [2.24, 2.45) is 17.2 Å². The molecule has 1 heterocycles. The maximum Gasteiger partial charge on any atom is 0.490 e. The molecule has 2 amide bonds. The van der Waals surface area contributed by atoms with Crippen molar-refractivity contribution in [1.82, 2.24) is 5.32 Å². The topological polar surface area (TPSA) is 265 Å². The number of aliphatic carboxylic acids is 3. The van der Waals surface area contributed by atoms with Crippen LogP contribution in [0, 0.1) is 0 Å². The lowest BCUT2D eigenvalue weighted by Gasteiger charge is -2.15. The summed E-state index contributed by atoms with van der Waals surface area (Å²) in [6, 6.07) is 19.3. The van der Waals surface area contributed by atoms with E-state index in [1.54, 1.807) is 60.7 Å². The minimum atomic E-state index is -5.08. The van der Waals surface area contributed by atoms with Gasteiger partial charge in [0, 0.05) is 36.2 Å². The zero-order valence-electron chi connectivity index (χ0n) is 26.7. The number of nitrogens with one attached hydrogen (secondary N) is 2. The van der Waals surface area contributed by atoms with Crippen LogP contribution in [0.2, 0.25) is 0 Å². The molecule has 52 heavy (non-hydrogen) atoms. The fourth-order valence-corrected chi connectivity index (χ4v) is 4.00. The number of carbonyl (C=O) groups is 6. The molecule has 20 heteroatoms. The van der Waals surface area contributed by atoms with E-state index < -0.39 is 48.1 Å². The van der Waals surface area contributed by atoms with E-state index in [4.69, 9.17) is 37.0 Å². The van der Waals surface area contributed by atoms with E-state index in [-0.39, 0.29) is 11.8 Å². The van der Waals surface area contributed by atoms with E-state index >= 15 is 0 Å². The van der Waals surface area contributed by atoms with Crippen LogP contribution in [-0.2, 0) is 32.1 Å². The Morgan fingerprint density at radius 2 is 1.35 bits per heavy atom. The SMILES string of the molecule is NCCC(=O)C1Cc2ccc(C(N)=O)cc2N1.NCc1cccc(C(=O)N[C@@H](C(=O)O)c2ccccc2)c1.O=C(O)C(F)(F)F.O=C(O)C(F)(F)F. The van der Waals surface area contributed by atoms with Crippen LogP contribution in [0.25, 0.3) is 0 Å². The smallest absolute Gasteiger partial charge is 0.479 e. The number of ketones is 1. The average Bonchev–Trinajstić information content (AvgIpc) is 3.51. The summed E-state index contributed by atoms with van der Waals surface area (Å²) in [5.74, 6) is -7.43. The fourth-order valence-electron chi connectivity index (χ4n) is 4.00. The lowest BCUT2D eigenvalue weighted by atomic mass is 10.0. The van der Waals surface area contributed by atoms with Gasteiger partial charge in [-0.15, -0.1) is 0 Å². The third kappa shape index (κ3) is 14.8. The van der Waals surface area contributed by atoms with Gasteiger partial charge in [-0.05, 0) is 47.5 Å². The first-order valence-corrected chi connectivity index (χ1v) is 14.5. The highest BCUT2D eigenvalue weighted by Crippen LogP contribution is 2.27. The predicted octanol–water partition coefficient (Wildman–Crippen LogP) is 3.01. The van der Waals surface area contributed by atoms with E-state index in [0.29, 0.717) is 42.6 Å². The number of hydrogen-bond acceptors (Lipinski definition) is 9. The van der Waals surface area contributed by atoms with Crippen molar-refractivity contribution in [2.75, 3.05) is 11.9 Å². The summed E-state index contributed by atoms with van der Waals surface area (Å²) in [7, 11) is 0.